The van der Waals surface area contributed by atoms with Crippen LogP contribution >= 0.6 is 0 Å². The number of aromatic nitrogens is 2. The van der Waals surface area contributed by atoms with Gasteiger partial charge in [0.2, 0.25) is 0 Å². The van der Waals surface area contributed by atoms with Crippen molar-refractivity contribution in [2.24, 2.45) is 0 Å². The van der Waals surface area contributed by atoms with E-state index in [1.54, 1.807) is 39.0 Å². The molecule has 0 unspecified atom stereocenters. The van der Waals surface area contributed by atoms with E-state index in [-0.39, 0.29) is 0 Å². The average molecular weight is 246 g/mol. The van der Waals surface area contributed by atoms with Gasteiger partial charge in [-0.25, -0.2) is 4.79 Å². The van der Waals surface area contributed by atoms with Gasteiger partial charge in [-0.05, 0) is 39.0 Å². The van der Waals surface area contributed by atoms with E-state index in [0.29, 0.717) is 28.4 Å². The van der Waals surface area contributed by atoms with E-state index in [2.05, 4.69) is 10.2 Å². The van der Waals surface area contributed by atoms with Gasteiger partial charge in [-0.3, -0.25) is 9.89 Å². The number of fused-ring (bicyclic) bond motifs is 1. The molecule has 0 bridgehead atoms. The number of H-pyrrole nitrogens is 1. The highest BCUT2D eigenvalue weighted by Crippen LogP contribution is 2.19. The number of aromatic amines is 1. The summed E-state index contributed by atoms with van der Waals surface area (Å²) in [5, 5.41) is 7.18. The van der Waals surface area contributed by atoms with Crippen LogP contribution in [0.2, 0.25) is 0 Å². The first-order valence-corrected chi connectivity index (χ1v) is 5.57. The lowest BCUT2D eigenvalue weighted by Crippen LogP contribution is -2.23. The summed E-state index contributed by atoms with van der Waals surface area (Å²) in [6.07, 6.45) is 0.675. The summed E-state index contributed by atoms with van der Waals surface area (Å²) in [5.41, 5.74) is 0.859. The van der Waals surface area contributed by atoms with Crippen molar-refractivity contribution in [3.05, 3.63) is 29.5 Å². The molecule has 2 aromatic rings. The van der Waals surface area contributed by atoms with Crippen molar-refractivity contribution in [1.29, 1.82) is 0 Å². The van der Waals surface area contributed by atoms with E-state index in [0.717, 1.165) is 0 Å². The number of benzene rings is 1. The van der Waals surface area contributed by atoms with Crippen LogP contribution in [0.1, 0.15) is 41.6 Å². The molecule has 18 heavy (non-hydrogen) atoms. The van der Waals surface area contributed by atoms with E-state index in [1.807, 2.05) is 0 Å². The summed E-state index contributed by atoms with van der Waals surface area (Å²) in [4.78, 5) is 22.7. The summed E-state index contributed by atoms with van der Waals surface area (Å²) < 4.78 is 5.26. The molecule has 5 nitrogen and oxygen atoms in total. The molecule has 0 atom stereocenters. The lowest BCUT2D eigenvalue weighted by atomic mass is 10.1. The smallest absolute Gasteiger partial charge is 0.338 e. The first-order chi connectivity index (χ1) is 8.40. The van der Waals surface area contributed by atoms with E-state index in [1.165, 1.54) is 0 Å². The van der Waals surface area contributed by atoms with Crippen LogP contribution in [0.25, 0.3) is 10.9 Å². The van der Waals surface area contributed by atoms with Crippen LogP contribution in [0.15, 0.2) is 18.2 Å². The van der Waals surface area contributed by atoms with Crippen LogP contribution in [-0.2, 0) is 4.74 Å². The van der Waals surface area contributed by atoms with Crippen LogP contribution < -0.4 is 0 Å². The fourth-order valence-electron chi connectivity index (χ4n) is 1.58. The lowest BCUT2D eigenvalue weighted by molar-refractivity contribution is 0.00696. The maximum Gasteiger partial charge on any atom is 0.338 e. The zero-order valence-electron chi connectivity index (χ0n) is 10.5. The minimum Gasteiger partial charge on any atom is -0.456 e. The summed E-state index contributed by atoms with van der Waals surface area (Å²) in [6.45, 7) is 5.41. The molecule has 1 aromatic carbocycles. The van der Waals surface area contributed by atoms with Gasteiger partial charge in [-0.1, -0.05) is 0 Å². The molecule has 1 N–H and O–H groups in total. The predicted molar refractivity (Wildman–Crippen MR) is 66.6 cm³/mol. The van der Waals surface area contributed by atoms with Crippen LogP contribution in [0.5, 0.6) is 0 Å². The van der Waals surface area contributed by atoms with E-state index in [4.69, 9.17) is 4.74 Å². The Balaban J connectivity index is 2.40. The molecular formula is C13H14N2O3. The van der Waals surface area contributed by atoms with E-state index < -0.39 is 11.6 Å². The highest BCUT2D eigenvalue weighted by molar-refractivity contribution is 6.00. The monoisotopic (exact) mass is 246 g/mol. The zero-order valence-corrected chi connectivity index (χ0v) is 10.5. The van der Waals surface area contributed by atoms with Gasteiger partial charge in [0.1, 0.15) is 11.3 Å². The SMILES string of the molecule is CC(C)(C)OC(=O)c1ccc2n[nH]c(C=O)c2c1. The number of nitrogens with zero attached hydrogens (tertiary/aromatic N) is 1. The summed E-state index contributed by atoms with van der Waals surface area (Å²) in [5.74, 6) is -0.414. The highest BCUT2D eigenvalue weighted by Gasteiger charge is 2.18. The molecule has 0 aliphatic heterocycles. The van der Waals surface area contributed by atoms with Crippen molar-refractivity contribution in [1.82, 2.24) is 10.2 Å². The molecule has 0 spiro atoms. The van der Waals surface area contributed by atoms with Gasteiger partial charge in [0.05, 0.1) is 11.1 Å². The minimum absolute atomic E-state index is 0.357. The molecule has 0 amide bonds. The van der Waals surface area contributed by atoms with Gasteiger partial charge < -0.3 is 4.74 Å². The molecule has 0 aliphatic carbocycles. The Labute approximate surface area is 104 Å². The molecule has 1 heterocycles. The Morgan fingerprint density at radius 3 is 2.72 bits per heavy atom. The quantitative estimate of drug-likeness (QED) is 0.652. The predicted octanol–water partition coefficient (Wildman–Crippen LogP) is 2.33. The van der Waals surface area contributed by atoms with Crippen LogP contribution in [0.4, 0.5) is 0 Å². The van der Waals surface area contributed by atoms with Gasteiger partial charge in [-0.2, -0.15) is 5.10 Å². The van der Waals surface area contributed by atoms with E-state index in [9.17, 15) is 9.59 Å². The molecule has 0 fully saturated rings. The Hall–Kier alpha value is -2.17. The number of ether oxygens (including phenoxy) is 1. The zero-order chi connectivity index (χ0) is 13.3. The van der Waals surface area contributed by atoms with Gasteiger partial charge in [-0.15, -0.1) is 0 Å². The largest absolute Gasteiger partial charge is 0.456 e. The normalized spacial score (nSPS) is 11.5. The molecule has 0 saturated carbocycles. The maximum absolute atomic E-state index is 11.9. The summed E-state index contributed by atoms with van der Waals surface area (Å²) in [6, 6.07) is 4.92. The highest BCUT2D eigenvalue weighted by atomic mass is 16.6. The third-order valence-electron chi connectivity index (χ3n) is 2.34. The van der Waals surface area contributed by atoms with Crippen molar-refractivity contribution < 1.29 is 14.3 Å². The van der Waals surface area contributed by atoms with Gasteiger partial charge in [0.15, 0.2) is 6.29 Å². The van der Waals surface area contributed by atoms with Crippen LogP contribution in [0.3, 0.4) is 0 Å². The van der Waals surface area contributed by atoms with Crippen molar-refractivity contribution in [3.63, 3.8) is 0 Å². The standard InChI is InChI=1S/C13H14N2O3/c1-13(2,3)18-12(17)8-4-5-10-9(6-8)11(7-16)15-14-10/h4-7H,1-3H3,(H,14,15). The van der Waals surface area contributed by atoms with E-state index >= 15 is 0 Å². The second kappa shape index (κ2) is 4.25. The molecule has 0 radical (unpaired) electrons. The van der Waals surface area contributed by atoms with Crippen molar-refractivity contribution in [3.8, 4) is 0 Å². The first kappa shape index (κ1) is 12.3. The summed E-state index contributed by atoms with van der Waals surface area (Å²) in [7, 11) is 0. The Morgan fingerprint density at radius 1 is 1.39 bits per heavy atom. The number of aldehydes is 1. The number of esters is 1. The topological polar surface area (TPSA) is 72.0 Å². The van der Waals surface area contributed by atoms with Crippen molar-refractivity contribution in [2.75, 3.05) is 0 Å². The molecular weight excluding hydrogens is 232 g/mol. The lowest BCUT2D eigenvalue weighted by Gasteiger charge is -2.19. The fourth-order valence-corrected chi connectivity index (χ4v) is 1.58. The third kappa shape index (κ3) is 2.40. The number of hydrogen-bond acceptors (Lipinski definition) is 4. The van der Waals surface area contributed by atoms with Gasteiger partial charge >= 0.3 is 5.97 Å². The van der Waals surface area contributed by atoms with Crippen molar-refractivity contribution in [2.45, 2.75) is 26.4 Å². The number of hydrogen-bond donors (Lipinski definition) is 1. The third-order valence-corrected chi connectivity index (χ3v) is 2.34. The summed E-state index contributed by atoms with van der Waals surface area (Å²) >= 11 is 0. The number of carbonyl (C=O) groups excluding carboxylic acids is 2. The molecule has 1 aromatic heterocycles. The molecule has 94 valence electrons. The van der Waals surface area contributed by atoms with Gasteiger partial charge in [0.25, 0.3) is 0 Å². The molecule has 0 aliphatic rings. The number of carbonyl (C=O) groups is 2. The van der Waals surface area contributed by atoms with Crippen molar-refractivity contribution >= 4 is 23.2 Å². The fraction of sp³-hybridized carbons (Fsp3) is 0.308. The molecule has 2 rings (SSSR count). The maximum atomic E-state index is 11.9. The minimum atomic E-state index is -0.546. The molecule has 0 saturated heterocycles. The van der Waals surface area contributed by atoms with Crippen LogP contribution in [-0.4, -0.2) is 28.1 Å². The van der Waals surface area contributed by atoms with Crippen LogP contribution in [0, 0.1) is 0 Å². The second-order valence-electron chi connectivity index (χ2n) is 4.99. The number of rotatable bonds is 2. The Kier molecular flexibility index (Phi) is 2.90. The Bertz CT molecular complexity index is 608. The second-order valence-corrected chi connectivity index (χ2v) is 4.99. The number of nitrogens with one attached hydrogen (secondary N) is 1. The Morgan fingerprint density at radius 2 is 2.11 bits per heavy atom. The molecule has 5 heteroatoms. The average Bonchev–Trinajstić information content (AvgIpc) is 2.68. The van der Waals surface area contributed by atoms with Gasteiger partial charge in [0, 0.05) is 5.39 Å². The first-order valence-electron chi connectivity index (χ1n) is 5.57.